The maximum atomic E-state index is 9.95. The highest BCUT2D eigenvalue weighted by Crippen LogP contribution is 2.17. The Kier molecular flexibility index (Phi) is 5.65. The van der Waals surface area contributed by atoms with Crippen LogP contribution in [0.5, 0.6) is 5.75 Å². The summed E-state index contributed by atoms with van der Waals surface area (Å²) in [6.07, 6.45) is -0.560. The number of halogens is 1. The Labute approximate surface area is 134 Å². The average Bonchev–Trinajstić information content (AvgIpc) is 2.48. The molecule has 2 aromatic rings. The number of aliphatic hydroxyl groups excluding tert-OH is 1. The summed E-state index contributed by atoms with van der Waals surface area (Å²) < 4.78 is 6.55. The van der Waals surface area contributed by atoms with Gasteiger partial charge in [-0.25, -0.2) is 0 Å². The van der Waals surface area contributed by atoms with Crippen LogP contribution in [0.4, 0.5) is 5.69 Å². The fourth-order valence-electron chi connectivity index (χ4n) is 1.87. The molecule has 2 rings (SSSR count). The Morgan fingerprint density at radius 3 is 2.48 bits per heavy atom. The summed E-state index contributed by atoms with van der Waals surface area (Å²) in [5.41, 5.74) is 3.51. The van der Waals surface area contributed by atoms with Crippen molar-refractivity contribution in [1.82, 2.24) is 0 Å². The summed E-state index contributed by atoms with van der Waals surface area (Å²) >= 11 is 3.37. The smallest absolute Gasteiger partial charge is 0.119 e. The predicted molar refractivity (Wildman–Crippen MR) is 90.0 cm³/mol. The van der Waals surface area contributed by atoms with Crippen LogP contribution in [0.15, 0.2) is 46.9 Å². The molecule has 0 aliphatic heterocycles. The first-order valence-corrected chi connectivity index (χ1v) is 7.71. The lowest BCUT2D eigenvalue weighted by molar-refractivity contribution is 0.117. The molecule has 0 saturated heterocycles. The highest BCUT2D eigenvalue weighted by atomic mass is 79.9. The number of hydrogen-bond acceptors (Lipinski definition) is 3. The van der Waals surface area contributed by atoms with Crippen molar-refractivity contribution in [3.8, 4) is 5.75 Å². The standard InChI is InChI=1S/C17H20BrNO2/c1-12-3-6-15(9-13(12)2)19-10-16(20)11-21-17-7-4-14(18)5-8-17/h3-9,16,19-20H,10-11H2,1-2H3. The molecule has 0 amide bonds. The van der Waals surface area contributed by atoms with Gasteiger partial charge >= 0.3 is 0 Å². The van der Waals surface area contributed by atoms with Gasteiger partial charge in [0, 0.05) is 16.7 Å². The summed E-state index contributed by atoms with van der Waals surface area (Å²) in [5.74, 6) is 0.753. The molecule has 0 radical (unpaired) electrons. The number of benzene rings is 2. The number of rotatable bonds is 6. The van der Waals surface area contributed by atoms with Crippen LogP contribution in [-0.2, 0) is 0 Å². The van der Waals surface area contributed by atoms with E-state index in [1.54, 1.807) is 0 Å². The van der Waals surface area contributed by atoms with Crippen molar-refractivity contribution in [2.45, 2.75) is 20.0 Å². The van der Waals surface area contributed by atoms with Crippen LogP contribution >= 0.6 is 15.9 Å². The zero-order valence-corrected chi connectivity index (χ0v) is 13.9. The predicted octanol–water partition coefficient (Wildman–Crippen LogP) is 3.92. The van der Waals surface area contributed by atoms with E-state index >= 15 is 0 Å². The first-order valence-electron chi connectivity index (χ1n) is 6.92. The van der Waals surface area contributed by atoms with Gasteiger partial charge in [0.25, 0.3) is 0 Å². The number of aliphatic hydroxyl groups is 1. The minimum atomic E-state index is -0.560. The van der Waals surface area contributed by atoms with E-state index in [1.165, 1.54) is 11.1 Å². The van der Waals surface area contributed by atoms with Gasteiger partial charge in [-0.15, -0.1) is 0 Å². The maximum Gasteiger partial charge on any atom is 0.119 e. The van der Waals surface area contributed by atoms with E-state index in [-0.39, 0.29) is 6.61 Å². The molecule has 2 aromatic carbocycles. The summed E-state index contributed by atoms with van der Waals surface area (Å²) in [5, 5.41) is 13.2. The monoisotopic (exact) mass is 349 g/mol. The van der Waals surface area contributed by atoms with Crippen molar-refractivity contribution in [3.63, 3.8) is 0 Å². The van der Waals surface area contributed by atoms with Crippen LogP contribution in [-0.4, -0.2) is 24.4 Å². The Bertz CT molecular complexity index is 584. The molecule has 1 atom stereocenters. The number of ether oxygens (including phenoxy) is 1. The van der Waals surface area contributed by atoms with Gasteiger partial charge in [0.15, 0.2) is 0 Å². The summed E-state index contributed by atoms with van der Waals surface area (Å²) in [6.45, 7) is 4.88. The van der Waals surface area contributed by atoms with Crippen molar-refractivity contribution < 1.29 is 9.84 Å². The molecule has 0 saturated carbocycles. The Morgan fingerprint density at radius 1 is 1.10 bits per heavy atom. The number of nitrogens with one attached hydrogen (secondary N) is 1. The normalized spacial score (nSPS) is 12.0. The molecule has 0 fully saturated rings. The molecule has 0 aliphatic rings. The van der Waals surface area contributed by atoms with Crippen LogP contribution in [0, 0.1) is 13.8 Å². The highest BCUT2D eigenvalue weighted by molar-refractivity contribution is 9.10. The minimum absolute atomic E-state index is 0.263. The topological polar surface area (TPSA) is 41.5 Å². The summed E-state index contributed by atoms with van der Waals surface area (Å²) in [6, 6.07) is 13.7. The van der Waals surface area contributed by atoms with Gasteiger partial charge in [0.2, 0.25) is 0 Å². The average molecular weight is 350 g/mol. The van der Waals surface area contributed by atoms with E-state index in [1.807, 2.05) is 30.3 Å². The van der Waals surface area contributed by atoms with Crippen molar-refractivity contribution in [3.05, 3.63) is 58.1 Å². The Balaban J connectivity index is 1.77. The van der Waals surface area contributed by atoms with Crippen LogP contribution in [0.1, 0.15) is 11.1 Å². The van der Waals surface area contributed by atoms with Gasteiger partial charge < -0.3 is 15.2 Å². The fraction of sp³-hybridized carbons (Fsp3) is 0.294. The van der Waals surface area contributed by atoms with Crippen LogP contribution < -0.4 is 10.1 Å². The maximum absolute atomic E-state index is 9.95. The van der Waals surface area contributed by atoms with Gasteiger partial charge in [-0.05, 0) is 61.4 Å². The second-order valence-electron chi connectivity index (χ2n) is 5.10. The first-order chi connectivity index (χ1) is 10.0. The largest absolute Gasteiger partial charge is 0.491 e. The summed E-state index contributed by atoms with van der Waals surface area (Å²) in [4.78, 5) is 0. The van der Waals surface area contributed by atoms with Gasteiger partial charge in [-0.1, -0.05) is 22.0 Å². The number of hydrogen-bond donors (Lipinski definition) is 2. The van der Waals surface area contributed by atoms with E-state index in [2.05, 4.69) is 47.2 Å². The third-order valence-corrected chi connectivity index (χ3v) is 3.83. The quantitative estimate of drug-likeness (QED) is 0.830. The first kappa shape index (κ1) is 15.9. The molecule has 2 N–H and O–H groups in total. The fourth-order valence-corrected chi connectivity index (χ4v) is 2.13. The molecule has 21 heavy (non-hydrogen) atoms. The molecule has 3 nitrogen and oxygen atoms in total. The Morgan fingerprint density at radius 2 is 1.81 bits per heavy atom. The molecular weight excluding hydrogens is 330 g/mol. The SMILES string of the molecule is Cc1ccc(NCC(O)COc2ccc(Br)cc2)cc1C. The van der Waals surface area contributed by atoms with Crippen molar-refractivity contribution in [1.29, 1.82) is 0 Å². The van der Waals surface area contributed by atoms with Crippen LogP contribution in [0.2, 0.25) is 0 Å². The molecule has 0 heterocycles. The number of aryl methyl sites for hydroxylation is 2. The molecule has 4 heteroatoms. The molecule has 112 valence electrons. The van der Waals surface area contributed by atoms with Gasteiger partial charge in [-0.2, -0.15) is 0 Å². The molecular formula is C17H20BrNO2. The van der Waals surface area contributed by atoms with Gasteiger partial charge in [0.1, 0.15) is 18.5 Å². The van der Waals surface area contributed by atoms with E-state index in [9.17, 15) is 5.11 Å². The van der Waals surface area contributed by atoms with E-state index in [4.69, 9.17) is 4.74 Å². The lowest BCUT2D eigenvalue weighted by Gasteiger charge is -2.14. The number of anilines is 1. The molecule has 0 aliphatic carbocycles. The second-order valence-corrected chi connectivity index (χ2v) is 6.01. The highest BCUT2D eigenvalue weighted by Gasteiger charge is 2.06. The molecule has 0 aromatic heterocycles. The molecule has 0 spiro atoms. The summed E-state index contributed by atoms with van der Waals surface area (Å²) in [7, 11) is 0. The molecule has 0 bridgehead atoms. The Hall–Kier alpha value is -1.52. The van der Waals surface area contributed by atoms with Crippen molar-refractivity contribution in [2.24, 2.45) is 0 Å². The third-order valence-electron chi connectivity index (χ3n) is 3.30. The van der Waals surface area contributed by atoms with Crippen LogP contribution in [0.25, 0.3) is 0 Å². The third kappa shape index (κ3) is 5.06. The zero-order chi connectivity index (χ0) is 15.2. The van der Waals surface area contributed by atoms with Gasteiger partial charge in [0.05, 0.1) is 0 Å². The van der Waals surface area contributed by atoms with Crippen molar-refractivity contribution in [2.75, 3.05) is 18.5 Å². The minimum Gasteiger partial charge on any atom is -0.491 e. The molecule has 1 unspecified atom stereocenters. The second kappa shape index (κ2) is 7.48. The van der Waals surface area contributed by atoms with Gasteiger partial charge in [-0.3, -0.25) is 0 Å². The zero-order valence-electron chi connectivity index (χ0n) is 12.3. The van der Waals surface area contributed by atoms with E-state index in [0.717, 1.165) is 15.9 Å². The van der Waals surface area contributed by atoms with Crippen molar-refractivity contribution >= 4 is 21.6 Å². The lowest BCUT2D eigenvalue weighted by atomic mass is 10.1. The van der Waals surface area contributed by atoms with E-state index < -0.39 is 6.10 Å². The van der Waals surface area contributed by atoms with E-state index in [0.29, 0.717) is 6.54 Å². The van der Waals surface area contributed by atoms with Crippen LogP contribution in [0.3, 0.4) is 0 Å². The lowest BCUT2D eigenvalue weighted by Crippen LogP contribution is -2.26.